The second-order valence-electron chi connectivity index (χ2n) is 7.61. The summed E-state index contributed by atoms with van der Waals surface area (Å²) in [6.45, 7) is 7.31. The van der Waals surface area contributed by atoms with Crippen molar-refractivity contribution in [3.8, 4) is 11.6 Å². The number of ether oxygens (including phenoxy) is 1. The van der Waals surface area contributed by atoms with Crippen LogP contribution in [-0.4, -0.2) is 40.0 Å². The fourth-order valence-electron chi connectivity index (χ4n) is 3.71. The average molecular weight is 421 g/mol. The molecule has 0 bridgehead atoms. The molecule has 1 aromatic carbocycles. The summed E-state index contributed by atoms with van der Waals surface area (Å²) in [6.07, 6.45) is 1.50. The fourth-order valence-corrected chi connectivity index (χ4v) is 3.71. The monoisotopic (exact) mass is 421 g/mol. The lowest BCUT2D eigenvalue weighted by Crippen LogP contribution is -2.40. The highest BCUT2D eigenvalue weighted by Gasteiger charge is 2.49. The predicted molar refractivity (Wildman–Crippen MR) is 113 cm³/mol. The first kappa shape index (κ1) is 20.4. The lowest BCUT2D eigenvalue weighted by molar-refractivity contribution is -0.131. The highest BCUT2D eigenvalue weighted by Crippen LogP contribution is 2.31. The quantitative estimate of drug-likeness (QED) is 0.503. The van der Waals surface area contributed by atoms with E-state index in [-0.39, 0.29) is 0 Å². The molecule has 1 fully saturated rings. The zero-order valence-electron chi connectivity index (χ0n) is 18.0. The van der Waals surface area contributed by atoms with E-state index in [2.05, 4.69) is 15.6 Å². The number of urea groups is 1. The van der Waals surface area contributed by atoms with Crippen LogP contribution < -0.4 is 10.1 Å². The van der Waals surface area contributed by atoms with Gasteiger partial charge in [-0.15, -0.1) is 5.01 Å². The molecular weight excluding hydrogens is 398 g/mol. The van der Waals surface area contributed by atoms with Gasteiger partial charge in [0.15, 0.2) is 5.82 Å². The van der Waals surface area contributed by atoms with E-state index in [0.29, 0.717) is 22.9 Å². The van der Waals surface area contributed by atoms with Crippen molar-refractivity contribution in [3.05, 3.63) is 64.7 Å². The summed E-state index contributed by atoms with van der Waals surface area (Å²) in [5, 5.41) is 11.8. The zero-order valence-corrected chi connectivity index (χ0v) is 18.0. The van der Waals surface area contributed by atoms with Crippen molar-refractivity contribution >= 4 is 18.2 Å². The maximum Gasteiger partial charge on any atom is 0.346 e. The number of hydrogen-bond acceptors (Lipinski definition) is 6. The van der Waals surface area contributed by atoms with Crippen LogP contribution >= 0.6 is 0 Å². The number of nitrogens with one attached hydrogen (secondary N) is 1. The van der Waals surface area contributed by atoms with E-state index in [0.717, 1.165) is 22.0 Å². The maximum atomic E-state index is 13.1. The molecule has 0 unspecified atom stereocenters. The SMILES string of the molecule is COc1cccc([C@]2(C)NC(=O)N(/N=C\c3cc(C)n(-c4cc(C)on4)c3C)C2=O)c1. The number of nitrogens with zero attached hydrogens (tertiary/aromatic N) is 4. The number of carbonyl (C=O) groups is 2. The Kier molecular flexibility index (Phi) is 4.88. The lowest BCUT2D eigenvalue weighted by atomic mass is 9.92. The van der Waals surface area contributed by atoms with Crippen molar-refractivity contribution in [1.29, 1.82) is 0 Å². The van der Waals surface area contributed by atoms with Gasteiger partial charge < -0.3 is 14.6 Å². The molecule has 9 heteroatoms. The third-order valence-corrected chi connectivity index (χ3v) is 5.44. The van der Waals surface area contributed by atoms with Crippen LogP contribution in [0.15, 0.2) is 46.0 Å². The molecule has 3 heterocycles. The molecule has 1 saturated heterocycles. The smallest absolute Gasteiger partial charge is 0.346 e. The van der Waals surface area contributed by atoms with Crippen molar-refractivity contribution in [1.82, 2.24) is 20.0 Å². The summed E-state index contributed by atoms with van der Waals surface area (Å²) in [5.74, 6) is 1.49. The minimum atomic E-state index is -1.24. The molecule has 9 nitrogen and oxygen atoms in total. The Bertz CT molecular complexity index is 1210. The third-order valence-electron chi connectivity index (χ3n) is 5.44. The van der Waals surface area contributed by atoms with Gasteiger partial charge >= 0.3 is 6.03 Å². The summed E-state index contributed by atoms with van der Waals surface area (Å²) in [6, 6.07) is 10.2. The van der Waals surface area contributed by atoms with E-state index in [1.165, 1.54) is 6.21 Å². The van der Waals surface area contributed by atoms with E-state index in [9.17, 15) is 9.59 Å². The Morgan fingerprint density at radius 3 is 2.65 bits per heavy atom. The van der Waals surface area contributed by atoms with Gasteiger partial charge in [-0.2, -0.15) is 5.10 Å². The molecule has 0 spiro atoms. The Morgan fingerprint density at radius 1 is 1.19 bits per heavy atom. The van der Waals surface area contributed by atoms with Crippen LogP contribution in [0.5, 0.6) is 5.75 Å². The number of methoxy groups -OCH3 is 1. The molecule has 1 aliphatic rings. The highest BCUT2D eigenvalue weighted by atomic mass is 16.5. The van der Waals surface area contributed by atoms with Crippen LogP contribution in [0.2, 0.25) is 0 Å². The minimum absolute atomic E-state index is 0.470. The Morgan fingerprint density at radius 2 is 1.97 bits per heavy atom. The molecule has 0 saturated carbocycles. The Hall–Kier alpha value is -3.88. The van der Waals surface area contributed by atoms with Crippen molar-refractivity contribution in [2.45, 2.75) is 33.2 Å². The van der Waals surface area contributed by atoms with E-state index in [1.54, 1.807) is 38.3 Å². The van der Waals surface area contributed by atoms with Gasteiger partial charge in [0.25, 0.3) is 5.91 Å². The van der Waals surface area contributed by atoms with Crippen LogP contribution in [-0.2, 0) is 10.3 Å². The summed E-state index contributed by atoms with van der Waals surface area (Å²) in [7, 11) is 1.55. The van der Waals surface area contributed by atoms with Gasteiger partial charge in [0, 0.05) is 23.0 Å². The van der Waals surface area contributed by atoms with E-state index < -0.39 is 17.5 Å². The largest absolute Gasteiger partial charge is 0.497 e. The van der Waals surface area contributed by atoms with Gasteiger partial charge in [-0.1, -0.05) is 17.3 Å². The molecule has 160 valence electrons. The summed E-state index contributed by atoms with van der Waals surface area (Å²) >= 11 is 0. The molecule has 3 aromatic rings. The number of amides is 3. The van der Waals surface area contributed by atoms with Crippen LogP contribution in [0.1, 0.15) is 35.2 Å². The molecule has 31 heavy (non-hydrogen) atoms. The summed E-state index contributed by atoms with van der Waals surface area (Å²) in [5.41, 5.74) is 1.91. The predicted octanol–water partition coefficient (Wildman–Crippen LogP) is 3.20. The Balaban J connectivity index is 1.63. The second kappa shape index (κ2) is 7.42. The molecular formula is C22H23N5O4. The van der Waals surface area contributed by atoms with Crippen LogP contribution in [0, 0.1) is 20.8 Å². The van der Waals surface area contributed by atoms with Crippen LogP contribution in [0.3, 0.4) is 0 Å². The van der Waals surface area contributed by atoms with Crippen molar-refractivity contribution in [2.24, 2.45) is 5.10 Å². The number of rotatable bonds is 5. The molecule has 3 amide bonds. The molecule has 0 radical (unpaired) electrons. The van der Waals surface area contributed by atoms with E-state index >= 15 is 0 Å². The maximum absolute atomic E-state index is 13.1. The normalized spacial score (nSPS) is 18.8. The number of aromatic nitrogens is 2. The molecule has 1 atom stereocenters. The number of benzene rings is 1. The van der Waals surface area contributed by atoms with E-state index in [4.69, 9.17) is 9.26 Å². The zero-order chi connectivity index (χ0) is 22.3. The van der Waals surface area contributed by atoms with Gasteiger partial charge in [-0.3, -0.25) is 9.36 Å². The first-order valence-electron chi connectivity index (χ1n) is 9.72. The first-order valence-corrected chi connectivity index (χ1v) is 9.72. The number of carbonyl (C=O) groups excluding carboxylic acids is 2. The van der Waals surface area contributed by atoms with Crippen LogP contribution in [0.25, 0.3) is 5.82 Å². The van der Waals surface area contributed by atoms with Crippen molar-refractivity contribution < 1.29 is 18.8 Å². The Labute approximate surface area is 179 Å². The van der Waals surface area contributed by atoms with Crippen LogP contribution in [0.4, 0.5) is 4.79 Å². The van der Waals surface area contributed by atoms with Gasteiger partial charge in [0.1, 0.15) is 17.0 Å². The molecule has 1 N–H and O–H groups in total. The molecule has 1 aliphatic heterocycles. The number of aryl methyl sites for hydroxylation is 2. The van der Waals surface area contributed by atoms with Gasteiger partial charge in [0.2, 0.25) is 0 Å². The number of hydrazone groups is 1. The van der Waals surface area contributed by atoms with Gasteiger partial charge in [-0.25, -0.2) is 4.79 Å². The molecule has 4 rings (SSSR count). The minimum Gasteiger partial charge on any atom is -0.497 e. The number of hydrogen-bond donors (Lipinski definition) is 1. The number of imide groups is 1. The third kappa shape index (κ3) is 3.37. The van der Waals surface area contributed by atoms with E-state index in [1.807, 2.05) is 37.5 Å². The van der Waals surface area contributed by atoms with Crippen molar-refractivity contribution in [2.75, 3.05) is 7.11 Å². The average Bonchev–Trinajstić information content (AvgIpc) is 3.36. The van der Waals surface area contributed by atoms with Crippen molar-refractivity contribution in [3.63, 3.8) is 0 Å². The fraction of sp³-hybridized carbons (Fsp3) is 0.273. The highest BCUT2D eigenvalue weighted by molar-refractivity contribution is 6.07. The molecule has 0 aliphatic carbocycles. The molecule has 2 aromatic heterocycles. The van der Waals surface area contributed by atoms with Gasteiger partial charge in [-0.05, 0) is 51.5 Å². The summed E-state index contributed by atoms with van der Waals surface area (Å²) in [4.78, 5) is 25.7. The standard InChI is InChI=1S/C22H23N5O4/c1-13-9-16(15(3)26(13)19-10-14(2)31-25-19)12-23-27-20(28)22(4,24-21(27)29)17-7-6-8-18(11-17)30-5/h6-12H,1-5H3,(H,24,29)/b23-12-/t22-/m0/s1. The first-order chi connectivity index (χ1) is 14.7. The topological polar surface area (TPSA) is 102 Å². The second-order valence-corrected chi connectivity index (χ2v) is 7.61. The van der Waals surface area contributed by atoms with Gasteiger partial charge in [0.05, 0.1) is 13.3 Å². The summed E-state index contributed by atoms with van der Waals surface area (Å²) < 4.78 is 12.3. The lowest BCUT2D eigenvalue weighted by Gasteiger charge is -2.21.